The van der Waals surface area contributed by atoms with Gasteiger partial charge >= 0.3 is 0 Å². The number of rotatable bonds is 3. The number of hydrogen-bond acceptors (Lipinski definition) is 4. The van der Waals surface area contributed by atoms with Crippen molar-refractivity contribution in [3.8, 4) is 0 Å². The van der Waals surface area contributed by atoms with Crippen molar-refractivity contribution in [2.24, 2.45) is 0 Å². The Balaban J connectivity index is 1.76. The molecule has 0 spiro atoms. The van der Waals surface area contributed by atoms with Crippen LogP contribution in [-0.4, -0.2) is 31.1 Å². The van der Waals surface area contributed by atoms with E-state index in [1.165, 1.54) is 5.69 Å². The zero-order valence-electron chi connectivity index (χ0n) is 12.0. The third-order valence-electron chi connectivity index (χ3n) is 3.88. The van der Waals surface area contributed by atoms with Gasteiger partial charge in [-0.2, -0.15) is 0 Å². The Bertz CT molecular complexity index is 670. The van der Waals surface area contributed by atoms with Crippen molar-refractivity contribution >= 4 is 33.0 Å². The molecule has 0 N–H and O–H groups in total. The molecule has 1 fully saturated rings. The predicted octanol–water partition coefficient (Wildman–Crippen LogP) is 3.68. The van der Waals surface area contributed by atoms with Gasteiger partial charge < -0.3 is 9.80 Å². The summed E-state index contributed by atoms with van der Waals surface area (Å²) in [5.74, 6) is 0. The second-order valence-corrected chi connectivity index (χ2v) is 6.12. The summed E-state index contributed by atoms with van der Waals surface area (Å²) in [6, 6.07) is 15.5. The second-order valence-electron chi connectivity index (χ2n) is 5.20. The molecule has 1 aliphatic heterocycles. The standard InChI is InChI=1S/C16H16BrN3O2/c17-13-6-7-15(16(12-13)20(21)22)19-10-8-18(9-11-19)14-4-2-1-3-5-14/h1-7,12H,8-11H2. The summed E-state index contributed by atoms with van der Waals surface area (Å²) in [6.45, 7) is 3.27. The number of nitro groups is 1. The van der Waals surface area contributed by atoms with Gasteiger partial charge in [-0.05, 0) is 24.3 Å². The fourth-order valence-electron chi connectivity index (χ4n) is 2.75. The monoisotopic (exact) mass is 361 g/mol. The Morgan fingerprint density at radius 3 is 2.23 bits per heavy atom. The molecule has 22 heavy (non-hydrogen) atoms. The van der Waals surface area contributed by atoms with Gasteiger partial charge in [0.25, 0.3) is 5.69 Å². The number of nitrogens with zero attached hydrogens (tertiary/aromatic N) is 3. The van der Waals surface area contributed by atoms with E-state index in [4.69, 9.17) is 0 Å². The third kappa shape index (κ3) is 3.06. The summed E-state index contributed by atoms with van der Waals surface area (Å²) in [4.78, 5) is 15.3. The van der Waals surface area contributed by atoms with E-state index in [1.54, 1.807) is 6.07 Å². The molecular weight excluding hydrogens is 346 g/mol. The molecule has 0 saturated carbocycles. The molecule has 0 aliphatic carbocycles. The molecule has 0 aromatic heterocycles. The van der Waals surface area contributed by atoms with Crippen LogP contribution in [0.1, 0.15) is 0 Å². The van der Waals surface area contributed by atoms with E-state index >= 15 is 0 Å². The van der Waals surface area contributed by atoms with Crippen molar-refractivity contribution in [2.75, 3.05) is 36.0 Å². The van der Waals surface area contributed by atoms with E-state index < -0.39 is 0 Å². The lowest BCUT2D eigenvalue weighted by atomic mass is 10.2. The second kappa shape index (κ2) is 6.36. The van der Waals surface area contributed by atoms with Gasteiger partial charge in [0.2, 0.25) is 0 Å². The van der Waals surface area contributed by atoms with E-state index in [2.05, 4.69) is 37.9 Å². The third-order valence-corrected chi connectivity index (χ3v) is 4.37. The van der Waals surface area contributed by atoms with Crippen LogP contribution in [0.2, 0.25) is 0 Å². The van der Waals surface area contributed by atoms with Crippen LogP contribution < -0.4 is 9.80 Å². The Morgan fingerprint density at radius 2 is 1.59 bits per heavy atom. The summed E-state index contributed by atoms with van der Waals surface area (Å²) in [5.41, 5.74) is 2.05. The van der Waals surface area contributed by atoms with Crippen molar-refractivity contribution in [1.29, 1.82) is 0 Å². The van der Waals surface area contributed by atoms with E-state index in [0.29, 0.717) is 5.69 Å². The molecule has 6 heteroatoms. The van der Waals surface area contributed by atoms with E-state index in [1.807, 2.05) is 30.3 Å². The number of piperazine rings is 1. The van der Waals surface area contributed by atoms with E-state index in [9.17, 15) is 10.1 Å². The predicted molar refractivity (Wildman–Crippen MR) is 91.7 cm³/mol. The molecule has 1 aliphatic rings. The zero-order chi connectivity index (χ0) is 15.5. The van der Waals surface area contributed by atoms with Crippen LogP contribution in [0, 0.1) is 10.1 Å². The number of para-hydroxylation sites is 1. The average molecular weight is 362 g/mol. The molecule has 1 heterocycles. The highest BCUT2D eigenvalue weighted by molar-refractivity contribution is 9.10. The maximum Gasteiger partial charge on any atom is 0.293 e. The average Bonchev–Trinajstić information content (AvgIpc) is 2.56. The topological polar surface area (TPSA) is 49.6 Å². The van der Waals surface area contributed by atoms with Crippen LogP contribution in [0.3, 0.4) is 0 Å². The molecule has 0 radical (unpaired) electrons. The van der Waals surface area contributed by atoms with Crippen LogP contribution in [0.15, 0.2) is 53.0 Å². The molecule has 1 saturated heterocycles. The van der Waals surface area contributed by atoms with Crippen molar-refractivity contribution in [3.05, 3.63) is 63.1 Å². The van der Waals surface area contributed by atoms with Crippen molar-refractivity contribution in [1.82, 2.24) is 0 Å². The van der Waals surface area contributed by atoms with Gasteiger partial charge in [-0.1, -0.05) is 34.1 Å². The minimum Gasteiger partial charge on any atom is -0.368 e. The van der Waals surface area contributed by atoms with Gasteiger partial charge in [-0.3, -0.25) is 10.1 Å². The fraction of sp³-hybridized carbons (Fsp3) is 0.250. The highest BCUT2D eigenvalue weighted by Crippen LogP contribution is 2.32. The Morgan fingerprint density at radius 1 is 0.955 bits per heavy atom. The summed E-state index contributed by atoms with van der Waals surface area (Å²) in [6.07, 6.45) is 0. The largest absolute Gasteiger partial charge is 0.368 e. The number of hydrogen-bond donors (Lipinski definition) is 0. The van der Waals surface area contributed by atoms with Crippen molar-refractivity contribution < 1.29 is 4.92 Å². The molecule has 0 unspecified atom stereocenters. The maximum atomic E-state index is 11.3. The van der Waals surface area contributed by atoms with Crippen LogP contribution in [-0.2, 0) is 0 Å². The first kappa shape index (κ1) is 14.8. The number of halogens is 1. The normalized spacial score (nSPS) is 15.0. The Kier molecular flexibility index (Phi) is 4.29. The van der Waals surface area contributed by atoms with Crippen LogP contribution >= 0.6 is 15.9 Å². The highest BCUT2D eigenvalue weighted by atomic mass is 79.9. The summed E-state index contributed by atoms with van der Waals surface area (Å²) >= 11 is 3.30. The van der Waals surface area contributed by atoms with Crippen molar-refractivity contribution in [3.63, 3.8) is 0 Å². The van der Waals surface area contributed by atoms with Gasteiger partial charge in [0.05, 0.1) is 4.92 Å². The van der Waals surface area contributed by atoms with Gasteiger partial charge in [-0.25, -0.2) is 0 Å². The summed E-state index contributed by atoms with van der Waals surface area (Å²) < 4.78 is 0.728. The summed E-state index contributed by atoms with van der Waals surface area (Å²) in [7, 11) is 0. The highest BCUT2D eigenvalue weighted by Gasteiger charge is 2.23. The van der Waals surface area contributed by atoms with E-state index in [0.717, 1.165) is 30.7 Å². The van der Waals surface area contributed by atoms with Crippen molar-refractivity contribution in [2.45, 2.75) is 0 Å². The van der Waals surface area contributed by atoms with E-state index in [-0.39, 0.29) is 10.6 Å². The smallest absolute Gasteiger partial charge is 0.293 e. The van der Waals surface area contributed by atoms with Crippen LogP contribution in [0.25, 0.3) is 0 Å². The molecule has 2 aromatic rings. The van der Waals surface area contributed by atoms with Crippen LogP contribution in [0.4, 0.5) is 17.1 Å². The Hall–Kier alpha value is -2.08. The fourth-order valence-corrected chi connectivity index (χ4v) is 3.10. The molecular formula is C16H16BrN3O2. The van der Waals surface area contributed by atoms with Crippen LogP contribution in [0.5, 0.6) is 0 Å². The Labute approximate surface area is 137 Å². The number of nitro benzene ring substituents is 1. The minimum absolute atomic E-state index is 0.155. The number of benzene rings is 2. The quantitative estimate of drug-likeness (QED) is 0.617. The van der Waals surface area contributed by atoms with Gasteiger partial charge in [0, 0.05) is 42.4 Å². The zero-order valence-corrected chi connectivity index (χ0v) is 13.6. The first-order valence-electron chi connectivity index (χ1n) is 7.14. The number of anilines is 2. The van der Waals surface area contributed by atoms with Gasteiger partial charge in [-0.15, -0.1) is 0 Å². The lowest BCUT2D eigenvalue weighted by molar-refractivity contribution is -0.384. The minimum atomic E-state index is -0.316. The molecule has 3 rings (SSSR count). The SMILES string of the molecule is O=[N+]([O-])c1cc(Br)ccc1N1CCN(c2ccccc2)CC1. The molecule has 114 valence electrons. The lowest BCUT2D eigenvalue weighted by Gasteiger charge is -2.37. The lowest BCUT2D eigenvalue weighted by Crippen LogP contribution is -2.46. The molecule has 0 amide bonds. The molecule has 5 nitrogen and oxygen atoms in total. The van der Waals surface area contributed by atoms with Gasteiger partial charge in [0.15, 0.2) is 0 Å². The molecule has 0 bridgehead atoms. The van der Waals surface area contributed by atoms with Gasteiger partial charge in [0.1, 0.15) is 5.69 Å². The molecule has 2 aromatic carbocycles. The first-order chi connectivity index (χ1) is 10.6. The maximum absolute atomic E-state index is 11.3. The first-order valence-corrected chi connectivity index (χ1v) is 7.93. The summed E-state index contributed by atoms with van der Waals surface area (Å²) in [5, 5.41) is 11.3. The molecule has 0 atom stereocenters.